The summed E-state index contributed by atoms with van der Waals surface area (Å²) in [5.41, 5.74) is 1.31. The minimum Gasteiger partial charge on any atom is -0.461 e. The molecule has 0 radical (unpaired) electrons. The summed E-state index contributed by atoms with van der Waals surface area (Å²) in [6.45, 7) is 4.52. The van der Waals surface area contributed by atoms with E-state index in [1.807, 2.05) is 91.4 Å². The SMILES string of the molecule is CN(C)CCC1COCC=CCC=CCCC(=O)OCC=CCC=CCOCC(CCC2=CN=CC2)OCC=CCC=CCOC(=O)CCC=CCC=CCO1. The number of allylic oxidation sites excluding steroid dienone is 11. The number of cyclic esters (lactones) is 2. The number of hydrogen-bond donors (Lipinski definition) is 0. The normalized spacial score (nSPS) is 22.3. The van der Waals surface area contributed by atoms with E-state index in [2.05, 4.69) is 42.2 Å². The van der Waals surface area contributed by atoms with Crippen molar-refractivity contribution in [3.05, 3.63) is 109 Å². The van der Waals surface area contributed by atoms with Crippen LogP contribution in [-0.2, 0) is 38.0 Å². The van der Waals surface area contributed by atoms with E-state index in [-0.39, 0.29) is 37.4 Å². The van der Waals surface area contributed by atoms with Crippen molar-refractivity contribution in [1.82, 2.24) is 4.90 Å². The van der Waals surface area contributed by atoms with Crippen LogP contribution in [-0.4, -0.2) is 109 Å². The van der Waals surface area contributed by atoms with Gasteiger partial charge in [-0.3, -0.25) is 14.6 Å². The zero-order valence-electron chi connectivity index (χ0n) is 34.1. The average Bonchev–Trinajstić information content (AvgIpc) is 3.71. The van der Waals surface area contributed by atoms with Crippen molar-refractivity contribution in [1.29, 1.82) is 0 Å². The molecule has 310 valence electrons. The summed E-state index contributed by atoms with van der Waals surface area (Å²) in [4.78, 5) is 30.5. The lowest BCUT2D eigenvalue weighted by Gasteiger charge is -2.19. The molecule has 2 aliphatic rings. The molecule has 0 aliphatic carbocycles. The van der Waals surface area contributed by atoms with Crippen LogP contribution in [0.1, 0.15) is 77.0 Å². The highest BCUT2D eigenvalue weighted by Crippen LogP contribution is 2.16. The molecule has 0 saturated heterocycles. The van der Waals surface area contributed by atoms with E-state index in [0.717, 1.165) is 57.9 Å². The van der Waals surface area contributed by atoms with Gasteiger partial charge in [-0.05, 0) is 77.5 Å². The van der Waals surface area contributed by atoms with Crippen molar-refractivity contribution in [2.45, 2.75) is 89.3 Å². The highest BCUT2D eigenvalue weighted by Gasteiger charge is 2.12. The maximum absolute atomic E-state index is 12.1. The first-order valence-electron chi connectivity index (χ1n) is 20.3. The Hall–Kier alpha value is -3.93. The minimum absolute atomic E-state index is 0.00749. The molecule has 2 heterocycles. The second-order valence-corrected chi connectivity index (χ2v) is 13.6. The first kappa shape index (κ1) is 48.2. The Kier molecular flexibility index (Phi) is 30.6. The lowest BCUT2D eigenvalue weighted by Crippen LogP contribution is -2.26. The fourth-order valence-corrected chi connectivity index (χ4v) is 5.20. The van der Waals surface area contributed by atoms with Gasteiger partial charge in [-0.25, -0.2) is 0 Å². The molecule has 56 heavy (non-hydrogen) atoms. The van der Waals surface area contributed by atoms with Gasteiger partial charge in [-0.1, -0.05) is 97.2 Å². The lowest BCUT2D eigenvalue weighted by molar-refractivity contribution is -0.143. The van der Waals surface area contributed by atoms with Crippen molar-refractivity contribution in [3.63, 3.8) is 0 Å². The minimum atomic E-state index is -0.203. The van der Waals surface area contributed by atoms with Crippen LogP contribution in [0, 0.1) is 0 Å². The Balaban J connectivity index is 1.83. The fourth-order valence-electron chi connectivity index (χ4n) is 5.20. The lowest BCUT2D eigenvalue weighted by atomic mass is 10.1. The second-order valence-electron chi connectivity index (χ2n) is 13.6. The Bertz CT molecular complexity index is 1340. The standard InChI is InChI=1S/C46H68N2O8/c1-48(2)32-30-44-41-52-34-19-11-5-3-9-17-25-45(49)55-37-23-15-7-12-20-33-51-40-43(28-27-42-29-31-47-39-42)53-35-22-14-8-16-24-38-56-46(50)26-18-10-4-6-13-21-36-54-44/h3-4,9-16,19-24,31,39,43-44H,5-8,17-18,25-30,32-38,40-41H2,1-2H3. The molecule has 2 unspecified atom stereocenters. The molecule has 2 atom stereocenters. The maximum Gasteiger partial charge on any atom is 0.306 e. The molecule has 0 spiro atoms. The number of carbonyl (C=O) groups is 2. The van der Waals surface area contributed by atoms with Crippen LogP contribution >= 0.6 is 0 Å². The topological polar surface area (TPSA) is 105 Å². The summed E-state index contributed by atoms with van der Waals surface area (Å²) in [6, 6.07) is 0. The van der Waals surface area contributed by atoms with Gasteiger partial charge < -0.3 is 33.3 Å². The van der Waals surface area contributed by atoms with E-state index in [9.17, 15) is 9.59 Å². The molecule has 0 saturated carbocycles. The number of carbonyl (C=O) groups excluding carboxylic acids is 2. The Labute approximate surface area is 337 Å². The van der Waals surface area contributed by atoms with E-state index in [1.54, 1.807) is 0 Å². The molecule has 10 nitrogen and oxygen atoms in total. The largest absolute Gasteiger partial charge is 0.461 e. The smallest absolute Gasteiger partial charge is 0.306 e. The van der Waals surface area contributed by atoms with E-state index in [0.29, 0.717) is 65.3 Å². The quantitative estimate of drug-likeness (QED) is 0.194. The molecule has 0 amide bonds. The van der Waals surface area contributed by atoms with Gasteiger partial charge >= 0.3 is 11.9 Å². The molecule has 0 fully saturated rings. The molecular weight excluding hydrogens is 709 g/mol. The fraction of sp³-hybridized carbons (Fsp3) is 0.543. The number of aliphatic imine (C=N–C) groups is 1. The first-order valence-corrected chi connectivity index (χ1v) is 20.3. The van der Waals surface area contributed by atoms with Crippen LogP contribution in [0.2, 0.25) is 0 Å². The number of nitrogens with zero attached hydrogens (tertiary/aromatic N) is 2. The van der Waals surface area contributed by atoms with Crippen LogP contribution in [0.4, 0.5) is 0 Å². The number of esters is 2. The summed E-state index contributed by atoms with van der Waals surface area (Å²) in [5, 5.41) is 0. The van der Waals surface area contributed by atoms with E-state index in [4.69, 9.17) is 28.4 Å². The van der Waals surface area contributed by atoms with Crippen LogP contribution in [0.3, 0.4) is 0 Å². The van der Waals surface area contributed by atoms with Crippen LogP contribution < -0.4 is 0 Å². The molecule has 0 aromatic rings. The molecule has 0 aromatic heterocycles. The van der Waals surface area contributed by atoms with Crippen LogP contribution in [0.15, 0.2) is 114 Å². The van der Waals surface area contributed by atoms with Crippen molar-refractivity contribution >= 4 is 18.2 Å². The maximum atomic E-state index is 12.1. The van der Waals surface area contributed by atoms with Gasteiger partial charge in [0.15, 0.2) is 0 Å². The van der Waals surface area contributed by atoms with E-state index >= 15 is 0 Å². The van der Waals surface area contributed by atoms with Crippen molar-refractivity contribution in [2.75, 3.05) is 73.5 Å². The van der Waals surface area contributed by atoms with Gasteiger partial charge in [0.2, 0.25) is 0 Å². The highest BCUT2D eigenvalue weighted by molar-refractivity contribution is 5.70. The van der Waals surface area contributed by atoms with Gasteiger partial charge in [0.25, 0.3) is 0 Å². The van der Waals surface area contributed by atoms with Gasteiger partial charge in [-0.15, -0.1) is 0 Å². The Morgan fingerprint density at radius 1 is 0.571 bits per heavy atom. The van der Waals surface area contributed by atoms with Crippen LogP contribution in [0.25, 0.3) is 0 Å². The van der Waals surface area contributed by atoms with Crippen molar-refractivity contribution in [3.8, 4) is 0 Å². The predicted molar refractivity (Wildman–Crippen MR) is 227 cm³/mol. The predicted octanol–water partition coefficient (Wildman–Crippen LogP) is 8.55. The van der Waals surface area contributed by atoms with Gasteiger partial charge in [0.1, 0.15) is 13.2 Å². The molecule has 2 aliphatic heterocycles. The molecule has 0 aromatic carbocycles. The molecule has 10 heteroatoms. The second kappa shape index (κ2) is 35.5. The molecular formula is C46H68N2O8. The first-order chi connectivity index (χ1) is 27.5. The molecule has 0 bridgehead atoms. The Morgan fingerprint density at radius 2 is 1.02 bits per heavy atom. The summed E-state index contributed by atoms with van der Waals surface area (Å²) in [7, 11) is 4.11. The van der Waals surface area contributed by atoms with Gasteiger partial charge in [0, 0.05) is 38.2 Å². The Morgan fingerprint density at radius 3 is 1.48 bits per heavy atom. The third kappa shape index (κ3) is 30.3. The summed E-state index contributed by atoms with van der Waals surface area (Å²) < 4.78 is 34.6. The van der Waals surface area contributed by atoms with Gasteiger partial charge in [-0.2, -0.15) is 0 Å². The van der Waals surface area contributed by atoms with E-state index in [1.165, 1.54) is 5.57 Å². The third-order valence-electron chi connectivity index (χ3n) is 8.43. The summed E-state index contributed by atoms with van der Waals surface area (Å²) in [6.07, 6.45) is 44.5. The van der Waals surface area contributed by atoms with Crippen molar-refractivity contribution < 1.29 is 38.0 Å². The molecule has 0 N–H and O–H groups in total. The molecule has 2 rings (SSSR count). The number of ether oxygens (including phenoxy) is 6. The summed E-state index contributed by atoms with van der Waals surface area (Å²) in [5.74, 6) is -0.406. The zero-order chi connectivity index (χ0) is 40.0. The number of rotatable bonds is 6. The monoisotopic (exact) mass is 776 g/mol. The highest BCUT2D eigenvalue weighted by atomic mass is 16.5. The van der Waals surface area contributed by atoms with Crippen LogP contribution in [0.5, 0.6) is 0 Å². The summed E-state index contributed by atoms with van der Waals surface area (Å²) >= 11 is 0. The van der Waals surface area contributed by atoms with E-state index < -0.39 is 0 Å². The average molecular weight is 777 g/mol. The third-order valence-corrected chi connectivity index (χ3v) is 8.43. The van der Waals surface area contributed by atoms with Crippen molar-refractivity contribution in [2.24, 2.45) is 4.99 Å². The number of hydrogen-bond acceptors (Lipinski definition) is 10. The zero-order valence-corrected chi connectivity index (χ0v) is 34.1. The van der Waals surface area contributed by atoms with Gasteiger partial charge in [0.05, 0.1) is 51.8 Å².